The van der Waals surface area contributed by atoms with Gasteiger partial charge in [-0.25, -0.2) is 9.37 Å². The van der Waals surface area contributed by atoms with E-state index in [2.05, 4.69) is 4.40 Å². The second-order valence-corrected chi connectivity index (χ2v) is 9.96. The second kappa shape index (κ2) is 7.72. The number of aromatic nitrogens is 2. The molecule has 3 aromatic rings. The van der Waals surface area contributed by atoms with Crippen molar-refractivity contribution in [2.24, 2.45) is 11.4 Å². The molecule has 0 aliphatic heterocycles. The van der Waals surface area contributed by atoms with E-state index in [9.17, 15) is 13.7 Å². The third kappa shape index (κ3) is 4.26. The van der Waals surface area contributed by atoms with Crippen molar-refractivity contribution in [1.29, 1.82) is 0 Å². The molecule has 0 bridgehead atoms. The van der Waals surface area contributed by atoms with Crippen LogP contribution in [0.25, 0.3) is 22.3 Å². The van der Waals surface area contributed by atoms with Crippen LogP contribution >= 0.6 is 0 Å². The van der Waals surface area contributed by atoms with Crippen molar-refractivity contribution in [2.45, 2.75) is 39.4 Å². The molecule has 0 aliphatic rings. The Labute approximate surface area is 172 Å². The highest BCUT2D eigenvalue weighted by Gasteiger charge is 2.27. The number of halogens is 1. The largest absolute Gasteiger partial charge is 0.591 e. The summed E-state index contributed by atoms with van der Waals surface area (Å²) in [6.45, 7) is 9.23. The van der Waals surface area contributed by atoms with Crippen molar-refractivity contribution in [3.8, 4) is 11.4 Å². The Bertz CT molecular complexity index is 1160. The van der Waals surface area contributed by atoms with Gasteiger partial charge in [0.15, 0.2) is 0 Å². The molecule has 0 spiro atoms. The van der Waals surface area contributed by atoms with E-state index in [1.165, 1.54) is 16.7 Å². The first kappa shape index (κ1) is 21.2. The molecule has 3 rings (SSSR count). The molecule has 152 valence electrons. The van der Waals surface area contributed by atoms with Gasteiger partial charge in [-0.05, 0) is 76.6 Å². The Kier molecular flexibility index (Phi) is 5.65. The van der Waals surface area contributed by atoms with Crippen LogP contribution in [-0.2, 0) is 18.4 Å². The molecule has 0 aliphatic carbocycles. The third-order valence-electron chi connectivity index (χ3n) is 4.56. The van der Waals surface area contributed by atoms with Gasteiger partial charge in [-0.2, -0.15) is 0 Å². The highest BCUT2D eigenvalue weighted by atomic mass is 32.2. The molecule has 0 amide bonds. The van der Waals surface area contributed by atoms with Crippen molar-refractivity contribution >= 4 is 28.0 Å². The van der Waals surface area contributed by atoms with Crippen LogP contribution in [0.3, 0.4) is 0 Å². The fourth-order valence-corrected chi connectivity index (χ4v) is 3.58. The maximum Gasteiger partial charge on any atom is 0.261 e. The number of fused-ring (bicyclic) bond motifs is 1. The van der Waals surface area contributed by atoms with E-state index in [4.69, 9.17) is 4.98 Å². The van der Waals surface area contributed by atoms with E-state index in [-0.39, 0.29) is 11.4 Å². The Morgan fingerprint density at radius 3 is 2.41 bits per heavy atom. The summed E-state index contributed by atoms with van der Waals surface area (Å²) in [5.74, 6) is 0.0702. The van der Waals surface area contributed by atoms with Crippen molar-refractivity contribution < 1.29 is 8.94 Å². The van der Waals surface area contributed by atoms with Crippen LogP contribution in [0.15, 0.2) is 45.6 Å². The van der Waals surface area contributed by atoms with Gasteiger partial charge in [-0.1, -0.05) is 4.40 Å². The van der Waals surface area contributed by atoms with E-state index >= 15 is 0 Å². The standard InChI is InChI=1S/C22H24FN3O2S/c1-13-11-17(14(2)25-29(28)22(3,4)5)19-18(12-13)21(27)26(6)20(24-19)15-7-9-16(23)10-8-15/h7-12H,1-6H3/b25-14-/t29-/m1/s1. The van der Waals surface area contributed by atoms with E-state index < -0.39 is 16.1 Å². The second-order valence-electron chi connectivity index (χ2n) is 8.05. The molecule has 1 atom stereocenters. The van der Waals surface area contributed by atoms with Crippen molar-refractivity contribution in [3.05, 3.63) is 63.7 Å². The number of hydrogen-bond donors (Lipinski definition) is 0. The number of benzene rings is 2. The minimum atomic E-state index is -1.44. The SMILES string of the molecule is C/C(=N/[S@+]([O-])C(C)(C)C)c1cc(C)cc2c(=O)n(C)c(-c3ccc(F)cc3)nc12. The zero-order valence-corrected chi connectivity index (χ0v) is 18.2. The average molecular weight is 414 g/mol. The van der Waals surface area contributed by atoms with Gasteiger partial charge in [0.1, 0.15) is 27.8 Å². The summed E-state index contributed by atoms with van der Waals surface area (Å²) in [4.78, 5) is 17.8. The van der Waals surface area contributed by atoms with Gasteiger partial charge in [-0.15, -0.1) is 0 Å². The molecule has 0 unspecified atom stereocenters. The number of rotatable bonds is 3. The van der Waals surface area contributed by atoms with Gasteiger partial charge in [0.2, 0.25) is 0 Å². The minimum Gasteiger partial charge on any atom is -0.591 e. The first-order valence-corrected chi connectivity index (χ1v) is 10.3. The first-order chi connectivity index (χ1) is 13.5. The molecule has 0 radical (unpaired) electrons. The summed E-state index contributed by atoms with van der Waals surface area (Å²) in [6.07, 6.45) is 0. The van der Waals surface area contributed by atoms with Gasteiger partial charge in [0.05, 0.1) is 16.6 Å². The Hall–Kier alpha value is -2.51. The molecule has 1 heterocycles. The number of aryl methyl sites for hydroxylation is 1. The topological polar surface area (TPSA) is 70.3 Å². The van der Waals surface area contributed by atoms with E-state index in [0.29, 0.717) is 33.6 Å². The fourth-order valence-electron chi connectivity index (χ4n) is 2.96. The van der Waals surface area contributed by atoms with Crippen LogP contribution in [0.4, 0.5) is 4.39 Å². The smallest absolute Gasteiger partial charge is 0.261 e. The van der Waals surface area contributed by atoms with Crippen LogP contribution in [-0.4, -0.2) is 24.6 Å². The zero-order valence-electron chi connectivity index (χ0n) is 17.4. The van der Waals surface area contributed by atoms with E-state index in [1.807, 2.05) is 33.8 Å². The van der Waals surface area contributed by atoms with Crippen molar-refractivity contribution in [1.82, 2.24) is 9.55 Å². The summed E-state index contributed by atoms with van der Waals surface area (Å²) in [5.41, 5.74) is 3.02. The lowest BCUT2D eigenvalue weighted by molar-refractivity contribution is 0.561. The van der Waals surface area contributed by atoms with Gasteiger partial charge in [0, 0.05) is 18.2 Å². The Morgan fingerprint density at radius 1 is 1.21 bits per heavy atom. The number of nitrogens with zero attached hydrogens (tertiary/aromatic N) is 3. The predicted molar refractivity (Wildman–Crippen MR) is 117 cm³/mol. The molecule has 0 N–H and O–H groups in total. The van der Waals surface area contributed by atoms with Crippen LogP contribution in [0, 0.1) is 12.7 Å². The number of hydrogen-bond acceptors (Lipinski definition) is 4. The first-order valence-electron chi connectivity index (χ1n) is 9.24. The fraction of sp³-hybridized carbons (Fsp3) is 0.318. The summed E-state index contributed by atoms with van der Waals surface area (Å²) >= 11 is -1.44. The lowest BCUT2D eigenvalue weighted by Crippen LogP contribution is -2.27. The highest BCUT2D eigenvalue weighted by molar-refractivity contribution is 7.91. The Morgan fingerprint density at radius 2 is 1.83 bits per heavy atom. The normalized spacial score (nSPS) is 13.7. The van der Waals surface area contributed by atoms with Gasteiger partial charge in [-0.3, -0.25) is 9.36 Å². The molecule has 0 fully saturated rings. The monoisotopic (exact) mass is 413 g/mol. The third-order valence-corrected chi connectivity index (χ3v) is 6.05. The van der Waals surface area contributed by atoms with Crippen LogP contribution in [0.1, 0.15) is 38.8 Å². The molecular formula is C22H24FN3O2S. The zero-order chi connectivity index (χ0) is 21.5. The minimum absolute atomic E-state index is 0.205. The molecule has 7 heteroatoms. The maximum absolute atomic E-state index is 13.3. The molecule has 1 aromatic heterocycles. The van der Waals surface area contributed by atoms with Gasteiger partial charge in [0.25, 0.3) is 5.56 Å². The Balaban J connectivity index is 2.30. The van der Waals surface area contributed by atoms with Crippen LogP contribution < -0.4 is 5.56 Å². The molecule has 5 nitrogen and oxygen atoms in total. The van der Waals surface area contributed by atoms with E-state index in [1.54, 1.807) is 32.2 Å². The lowest BCUT2D eigenvalue weighted by Gasteiger charge is -2.19. The summed E-state index contributed by atoms with van der Waals surface area (Å²) in [6, 6.07) is 9.53. The highest BCUT2D eigenvalue weighted by Crippen LogP contribution is 2.24. The molecule has 29 heavy (non-hydrogen) atoms. The molecule has 2 aromatic carbocycles. The predicted octanol–water partition coefficient (Wildman–Crippen LogP) is 4.32. The van der Waals surface area contributed by atoms with Crippen LogP contribution in [0.5, 0.6) is 0 Å². The summed E-state index contributed by atoms with van der Waals surface area (Å²) in [5, 5.41) is 0.462. The molecular weight excluding hydrogens is 389 g/mol. The summed E-state index contributed by atoms with van der Waals surface area (Å²) in [7, 11) is 1.64. The summed E-state index contributed by atoms with van der Waals surface area (Å²) < 4.78 is 31.2. The van der Waals surface area contributed by atoms with Gasteiger partial charge >= 0.3 is 0 Å². The molecule has 0 saturated heterocycles. The quantitative estimate of drug-likeness (QED) is 0.474. The van der Waals surface area contributed by atoms with Crippen molar-refractivity contribution in [3.63, 3.8) is 0 Å². The van der Waals surface area contributed by atoms with Crippen molar-refractivity contribution in [2.75, 3.05) is 0 Å². The maximum atomic E-state index is 13.3. The lowest BCUT2D eigenvalue weighted by atomic mass is 10.0. The van der Waals surface area contributed by atoms with Crippen LogP contribution in [0.2, 0.25) is 0 Å². The van der Waals surface area contributed by atoms with E-state index in [0.717, 1.165) is 5.56 Å². The van der Waals surface area contributed by atoms with Gasteiger partial charge < -0.3 is 4.55 Å². The average Bonchev–Trinajstić information content (AvgIpc) is 2.64. The molecule has 0 saturated carbocycles.